The maximum Gasteiger partial charge on any atom is 0.193 e. The highest BCUT2D eigenvalue weighted by molar-refractivity contribution is 5.80. The normalized spacial score (nSPS) is 33.2. The van der Waals surface area contributed by atoms with Crippen LogP contribution in [0.3, 0.4) is 0 Å². The van der Waals surface area contributed by atoms with Gasteiger partial charge in [0.15, 0.2) is 5.96 Å². The van der Waals surface area contributed by atoms with Crippen molar-refractivity contribution in [2.45, 2.75) is 44.4 Å². The Morgan fingerprint density at radius 1 is 1.19 bits per heavy atom. The maximum absolute atomic E-state index is 6.08. The molecule has 4 aliphatic rings. The molecule has 5 heterocycles. The fourth-order valence-corrected chi connectivity index (χ4v) is 5.30. The summed E-state index contributed by atoms with van der Waals surface area (Å²) in [4.78, 5) is 14.0. The number of aliphatic imine (C=N–C) groups is 1. The summed E-state index contributed by atoms with van der Waals surface area (Å²) in [5.74, 6) is 3.53. The summed E-state index contributed by atoms with van der Waals surface area (Å²) < 4.78 is 6.08. The van der Waals surface area contributed by atoms with Gasteiger partial charge in [-0.15, -0.1) is 0 Å². The van der Waals surface area contributed by atoms with Gasteiger partial charge in [-0.1, -0.05) is 6.07 Å². The van der Waals surface area contributed by atoms with Crippen LogP contribution in [0.25, 0.3) is 0 Å². The largest absolute Gasteiger partial charge is 0.374 e. The molecule has 26 heavy (non-hydrogen) atoms. The second-order valence-corrected chi connectivity index (χ2v) is 8.14. The van der Waals surface area contributed by atoms with Gasteiger partial charge in [-0.3, -0.25) is 4.99 Å². The van der Waals surface area contributed by atoms with E-state index in [9.17, 15) is 0 Å². The highest BCUT2D eigenvalue weighted by atomic mass is 16.5. The van der Waals surface area contributed by atoms with Gasteiger partial charge >= 0.3 is 0 Å². The summed E-state index contributed by atoms with van der Waals surface area (Å²) in [5, 5.41) is 3.54. The Balaban J connectivity index is 1.18. The van der Waals surface area contributed by atoms with E-state index in [0.29, 0.717) is 24.0 Å². The molecule has 2 bridgehead atoms. The predicted octanol–water partition coefficient (Wildman–Crippen LogP) is 1.87. The highest BCUT2D eigenvalue weighted by Crippen LogP contribution is 2.47. The van der Waals surface area contributed by atoms with Crippen LogP contribution in [0.2, 0.25) is 0 Å². The number of nitrogens with one attached hydrogen (secondary N) is 1. The minimum atomic E-state index is 0.496. The third-order valence-electron chi connectivity index (χ3n) is 6.65. The molecule has 4 fully saturated rings. The molecule has 1 N–H and O–H groups in total. The first-order valence-corrected chi connectivity index (χ1v) is 10.1. The lowest BCUT2D eigenvalue weighted by atomic mass is 9.82. The monoisotopic (exact) mass is 355 g/mol. The van der Waals surface area contributed by atoms with Crippen molar-refractivity contribution in [1.82, 2.24) is 15.2 Å². The number of aromatic nitrogens is 1. The minimum absolute atomic E-state index is 0.496. The van der Waals surface area contributed by atoms with Crippen LogP contribution in [0.15, 0.2) is 23.3 Å². The molecular weight excluding hydrogens is 326 g/mol. The molecule has 1 aromatic rings. The van der Waals surface area contributed by atoms with Crippen LogP contribution in [0.1, 0.15) is 31.2 Å². The zero-order valence-corrected chi connectivity index (χ0v) is 15.6. The lowest BCUT2D eigenvalue weighted by Gasteiger charge is -2.23. The lowest BCUT2D eigenvalue weighted by molar-refractivity contribution is 0.0767. The number of guanidine groups is 1. The van der Waals surface area contributed by atoms with Gasteiger partial charge in [-0.25, -0.2) is 4.98 Å². The van der Waals surface area contributed by atoms with E-state index in [0.717, 1.165) is 44.5 Å². The number of ether oxygens (including phenoxy) is 1. The summed E-state index contributed by atoms with van der Waals surface area (Å²) in [6.07, 6.45) is 8.06. The van der Waals surface area contributed by atoms with E-state index in [1.165, 1.54) is 31.2 Å². The number of likely N-dealkylation sites (tertiary alicyclic amines) is 1. The number of anilines is 1. The Bertz CT molecular complexity index is 651. The number of nitrogens with zero attached hydrogens (tertiary/aromatic N) is 4. The van der Waals surface area contributed by atoms with Gasteiger partial charge in [-0.2, -0.15) is 0 Å². The fraction of sp³-hybridized carbons (Fsp3) is 0.700. The summed E-state index contributed by atoms with van der Waals surface area (Å²) in [6, 6.07) is 4.34. The number of hydrogen-bond donors (Lipinski definition) is 1. The predicted molar refractivity (Wildman–Crippen MR) is 102 cm³/mol. The Morgan fingerprint density at radius 2 is 1.92 bits per heavy atom. The Kier molecular flexibility index (Phi) is 4.23. The molecule has 0 saturated carbocycles. The molecule has 0 spiro atoms. The lowest BCUT2D eigenvalue weighted by Crippen LogP contribution is -2.41. The van der Waals surface area contributed by atoms with E-state index < -0.39 is 0 Å². The third-order valence-corrected chi connectivity index (χ3v) is 6.65. The van der Waals surface area contributed by atoms with Crippen molar-refractivity contribution in [1.29, 1.82) is 0 Å². The van der Waals surface area contributed by atoms with Crippen LogP contribution in [0.5, 0.6) is 0 Å². The van der Waals surface area contributed by atoms with E-state index in [1.807, 2.05) is 13.2 Å². The number of fused-ring (bicyclic) bond motifs is 5. The van der Waals surface area contributed by atoms with Gasteiger partial charge in [-0.05, 0) is 37.3 Å². The molecule has 6 heteroatoms. The fourth-order valence-electron chi connectivity index (χ4n) is 5.30. The van der Waals surface area contributed by atoms with Crippen molar-refractivity contribution >= 4 is 11.8 Å². The van der Waals surface area contributed by atoms with Crippen LogP contribution < -0.4 is 10.2 Å². The summed E-state index contributed by atoms with van der Waals surface area (Å²) in [7, 11) is 1.89. The molecule has 4 aliphatic heterocycles. The van der Waals surface area contributed by atoms with Crippen LogP contribution in [0, 0.1) is 11.8 Å². The Hall–Kier alpha value is -1.82. The molecule has 0 amide bonds. The highest BCUT2D eigenvalue weighted by Gasteiger charge is 2.53. The van der Waals surface area contributed by atoms with E-state index in [4.69, 9.17) is 4.74 Å². The van der Waals surface area contributed by atoms with Crippen LogP contribution >= 0.6 is 0 Å². The van der Waals surface area contributed by atoms with Gasteiger partial charge in [0.25, 0.3) is 0 Å². The average molecular weight is 355 g/mol. The molecule has 0 aliphatic carbocycles. The Morgan fingerprint density at radius 3 is 2.54 bits per heavy atom. The molecule has 0 aromatic carbocycles. The van der Waals surface area contributed by atoms with Crippen molar-refractivity contribution < 1.29 is 4.74 Å². The molecular formula is C20H29N5O. The molecule has 6 nitrogen and oxygen atoms in total. The van der Waals surface area contributed by atoms with Gasteiger partial charge in [0.05, 0.1) is 12.2 Å². The van der Waals surface area contributed by atoms with Crippen molar-refractivity contribution in [3.8, 4) is 0 Å². The number of pyridine rings is 1. The molecule has 4 unspecified atom stereocenters. The molecule has 5 rings (SSSR count). The van der Waals surface area contributed by atoms with Crippen LogP contribution in [-0.4, -0.2) is 61.3 Å². The zero-order valence-electron chi connectivity index (χ0n) is 15.6. The zero-order chi connectivity index (χ0) is 17.5. The molecule has 1 aromatic heterocycles. The smallest absolute Gasteiger partial charge is 0.193 e. The first kappa shape index (κ1) is 16.4. The maximum atomic E-state index is 6.08. The molecule has 140 valence electrons. The van der Waals surface area contributed by atoms with Crippen molar-refractivity contribution in [2.75, 3.05) is 38.1 Å². The van der Waals surface area contributed by atoms with Crippen molar-refractivity contribution in [3.05, 3.63) is 23.9 Å². The van der Waals surface area contributed by atoms with Crippen LogP contribution in [-0.2, 0) is 11.3 Å². The second kappa shape index (κ2) is 6.72. The molecule has 4 atom stereocenters. The Labute approximate surface area is 155 Å². The van der Waals surface area contributed by atoms with E-state index in [1.54, 1.807) is 0 Å². The topological polar surface area (TPSA) is 53.0 Å². The third kappa shape index (κ3) is 2.84. The summed E-state index contributed by atoms with van der Waals surface area (Å²) in [6.45, 7) is 5.21. The van der Waals surface area contributed by atoms with E-state index >= 15 is 0 Å². The second-order valence-electron chi connectivity index (χ2n) is 8.14. The minimum Gasteiger partial charge on any atom is -0.374 e. The van der Waals surface area contributed by atoms with Crippen molar-refractivity contribution in [2.24, 2.45) is 16.8 Å². The first-order valence-electron chi connectivity index (χ1n) is 10.1. The van der Waals surface area contributed by atoms with E-state index in [2.05, 4.69) is 37.2 Å². The van der Waals surface area contributed by atoms with Gasteiger partial charge in [0.1, 0.15) is 5.82 Å². The quantitative estimate of drug-likeness (QED) is 0.663. The standard InChI is InChI=1S/C20H29N5O/c1-21-20(25-12-15-16(13-25)18-6-5-17(15)26-18)23-11-14-4-7-19(22-10-14)24-8-2-3-9-24/h4,7,10,15-18H,2-3,5-6,8-9,11-13H2,1H3,(H,21,23). The summed E-state index contributed by atoms with van der Waals surface area (Å²) in [5.41, 5.74) is 1.21. The average Bonchev–Trinajstić information content (AvgIpc) is 3.44. The van der Waals surface area contributed by atoms with Gasteiger partial charge < -0.3 is 19.9 Å². The number of rotatable bonds is 3. The molecule has 0 radical (unpaired) electrons. The molecule has 4 saturated heterocycles. The number of hydrogen-bond acceptors (Lipinski definition) is 4. The van der Waals surface area contributed by atoms with Gasteiger partial charge in [0, 0.05) is 57.8 Å². The SMILES string of the molecule is CN=C(NCc1ccc(N2CCCC2)nc1)N1CC2C3CCC(O3)C2C1. The summed E-state index contributed by atoms with van der Waals surface area (Å²) >= 11 is 0. The van der Waals surface area contributed by atoms with Gasteiger partial charge in [0.2, 0.25) is 0 Å². The van der Waals surface area contributed by atoms with E-state index in [-0.39, 0.29) is 0 Å². The van der Waals surface area contributed by atoms with Crippen molar-refractivity contribution in [3.63, 3.8) is 0 Å². The van der Waals surface area contributed by atoms with Crippen LogP contribution in [0.4, 0.5) is 5.82 Å². The first-order chi connectivity index (χ1) is 12.8.